The van der Waals surface area contributed by atoms with Gasteiger partial charge >= 0.3 is 0 Å². The van der Waals surface area contributed by atoms with E-state index in [4.69, 9.17) is 4.74 Å². The van der Waals surface area contributed by atoms with Crippen molar-refractivity contribution in [1.82, 2.24) is 15.0 Å². The van der Waals surface area contributed by atoms with Crippen molar-refractivity contribution in [1.29, 1.82) is 0 Å². The molecule has 0 N–H and O–H groups in total. The minimum atomic E-state index is -0.280. The zero-order valence-corrected chi connectivity index (χ0v) is 16.0. The first-order valence-corrected chi connectivity index (χ1v) is 8.89. The van der Waals surface area contributed by atoms with Crippen LogP contribution < -0.4 is 10.3 Å². The predicted molar refractivity (Wildman–Crippen MR) is 104 cm³/mol. The maximum atomic E-state index is 12.7. The molecule has 0 spiro atoms. The third-order valence-electron chi connectivity index (χ3n) is 4.71. The van der Waals surface area contributed by atoms with E-state index in [1.54, 1.807) is 13.2 Å². The van der Waals surface area contributed by atoms with Gasteiger partial charge in [-0.15, -0.1) is 5.10 Å². The van der Waals surface area contributed by atoms with Crippen molar-refractivity contribution in [3.8, 4) is 5.75 Å². The number of carbonyl (C=O) groups is 1. The van der Waals surface area contributed by atoms with Gasteiger partial charge in [0, 0.05) is 6.42 Å². The van der Waals surface area contributed by atoms with Crippen molar-refractivity contribution >= 4 is 16.7 Å². The average Bonchev–Trinajstić information content (AvgIpc) is 2.64. The number of hydrogen-bond donors (Lipinski definition) is 0. The summed E-state index contributed by atoms with van der Waals surface area (Å²) in [6.07, 6.45) is 0.325. The van der Waals surface area contributed by atoms with Crippen LogP contribution in [-0.4, -0.2) is 27.9 Å². The molecule has 0 radical (unpaired) electrons. The summed E-state index contributed by atoms with van der Waals surface area (Å²) >= 11 is 0. The van der Waals surface area contributed by atoms with Crippen LogP contribution in [0.25, 0.3) is 10.9 Å². The Hall–Kier alpha value is -3.02. The SMILES string of the molecule is COc1ccc([C@H](C)CC(=O)Cn2nnc3c(C)cc(C)cc3c2=O)cc1. The number of aryl methyl sites for hydroxylation is 2. The molecule has 0 aliphatic carbocycles. The Morgan fingerprint density at radius 1 is 1.19 bits per heavy atom. The molecular formula is C21H23N3O3. The fourth-order valence-corrected chi connectivity index (χ4v) is 3.26. The molecule has 0 bridgehead atoms. The van der Waals surface area contributed by atoms with Gasteiger partial charge in [0.15, 0.2) is 5.78 Å². The molecule has 0 fully saturated rings. The number of aromatic nitrogens is 3. The minimum Gasteiger partial charge on any atom is -0.497 e. The van der Waals surface area contributed by atoms with E-state index < -0.39 is 0 Å². The molecule has 2 aromatic carbocycles. The number of nitrogens with zero attached hydrogens (tertiary/aromatic N) is 3. The van der Waals surface area contributed by atoms with Crippen LogP contribution in [0.3, 0.4) is 0 Å². The second-order valence-corrected chi connectivity index (χ2v) is 6.95. The summed E-state index contributed by atoms with van der Waals surface area (Å²) in [5.41, 5.74) is 3.24. The summed E-state index contributed by atoms with van der Waals surface area (Å²) in [5.74, 6) is 0.760. The van der Waals surface area contributed by atoms with Gasteiger partial charge in [-0.05, 0) is 54.7 Å². The van der Waals surface area contributed by atoms with Crippen LogP contribution in [0.2, 0.25) is 0 Å². The molecular weight excluding hydrogens is 342 g/mol. The van der Waals surface area contributed by atoms with Crippen molar-refractivity contribution in [3.05, 3.63) is 63.4 Å². The first-order valence-electron chi connectivity index (χ1n) is 8.89. The summed E-state index contributed by atoms with van der Waals surface area (Å²) in [4.78, 5) is 25.2. The van der Waals surface area contributed by atoms with Gasteiger partial charge in [0.05, 0.1) is 12.5 Å². The van der Waals surface area contributed by atoms with Gasteiger partial charge in [-0.1, -0.05) is 30.3 Å². The summed E-state index contributed by atoms with van der Waals surface area (Å²) < 4.78 is 6.31. The average molecular weight is 365 g/mol. The number of Topliss-reactive ketones (excluding diaryl/α,β-unsaturated/α-hetero) is 1. The van der Waals surface area contributed by atoms with Gasteiger partial charge in [0.2, 0.25) is 0 Å². The monoisotopic (exact) mass is 365 g/mol. The van der Waals surface area contributed by atoms with Gasteiger partial charge in [-0.25, -0.2) is 4.68 Å². The smallest absolute Gasteiger partial charge is 0.278 e. The number of benzene rings is 2. The van der Waals surface area contributed by atoms with Crippen LogP contribution in [0.15, 0.2) is 41.2 Å². The number of fused-ring (bicyclic) bond motifs is 1. The van der Waals surface area contributed by atoms with Gasteiger partial charge in [0.1, 0.15) is 17.8 Å². The van der Waals surface area contributed by atoms with E-state index in [1.807, 2.05) is 51.1 Å². The lowest BCUT2D eigenvalue weighted by molar-refractivity contribution is -0.120. The zero-order valence-electron chi connectivity index (χ0n) is 16.0. The number of carbonyl (C=O) groups excluding carboxylic acids is 1. The first kappa shape index (κ1) is 18.8. The molecule has 140 valence electrons. The van der Waals surface area contributed by atoms with Gasteiger partial charge in [-0.2, -0.15) is 0 Å². The summed E-state index contributed by atoms with van der Waals surface area (Å²) in [5, 5.41) is 8.59. The molecule has 0 aliphatic heterocycles. The Morgan fingerprint density at radius 3 is 2.56 bits per heavy atom. The van der Waals surface area contributed by atoms with E-state index in [1.165, 1.54) is 0 Å². The largest absolute Gasteiger partial charge is 0.497 e. The summed E-state index contributed by atoms with van der Waals surface area (Å²) in [6, 6.07) is 11.4. The number of ether oxygens (including phenoxy) is 1. The molecule has 0 saturated carbocycles. The summed E-state index contributed by atoms with van der Waals surface area (Å²) in [6.45, 7) is 5.74. The normalized spacial score (nSPS) is 12.1. The standard InChI is InChI=1S/C21H23N3O3/c1-13-9-15(3)20-19(10-13)21(26)24(23-22-20)12-17(25)11-14(2)16-5-7-18(27-4)8-6-16/h5-10,14H,11-12H2,1-4H3/t14-/m1/s1. The van der Waals surface area contributed by atoms with Crippen molar-refractivity contribution in [2.75, 3.05) is 7.11 Å². The molecule has 1 aromatic heterocycles. The quantitative estimate of drug-likeness (QED) is 0.671. The van der Waals surface area contributed by atoms with Crippen LogP contribution in [0.1, 0.15) is 36.0 Å². The van der Waals surface area contributed by atoms with Crippen molar-refractivity contribution in [2.45, 2.75) is 39.7 Å². The van der Waals surface area contributed by atoms with E-state index in [2.05, 4.69) is 10.3 Å². The minimum absolute atomic E-state index is 0.0389. The van der Waals surface area contributed by atoms with E-state index in [9.17, 15) is 9.59 Å². The van der Waals surface area contributed by atoms with E-state index >= 15 is 0 Å². The van der Waals surface area contributed by atoms with Crippen molar-refractivity contribution in [2.24, 2.45) is 0 Å². The van der Waals surface area contributed by atoms with Gasteiger partial charge in [-0.3, -0.25) is 9.59 Å². The maximum Gasteiger partial charge on any atom is 0.278 e. The lowest BCUT2D eigenvalue weighted by atomic mass is 9.95. The number of ketones is 1. The third kappa shape index (κ3) is 4.05. The van der Waals surface area contributed by atoms with Gasteiger partial charge in [0.25, 0.3) is 5.56 Å². The second kappa shape index (κ2) is 7.70. The highest BCUT2D eigenvalue weighted by atomic mass is 16.5. The van der Waals surface area contributed by atoms with E-state index in [-0.39, 0.29) is 23.8 Å². The lowest BCUT2D eigenvalue weighted by Gasteiger charge is -2.12. The Morgan fingerprint density at radius 2 is 1.89 bits per heavy atom. The zero-order chi connectivity index (χ0) is 19.6. The Bertz CT molecular complexity index is 1040. The molecule has 0 saturated heterocycles. The molecule has 3 rings (SSSR count). The predicted octanol–water partition coefficient (Wildman–Crippen LogP) is 3.18. The first-order chi connectivity index (χ1) is 12.9. The highest BCUT2D eigenvalue weighted by Gasteiger charge is 2.15. The Kier molecular flexibility index (Phi) is 5.35. The van der Waals surface area contributed by atoms with E-state index in [0.717, 1.165) is 27.1 Å². The fraction of sp³-hybridized carbons (Fsp3) is 0.333. The van der Waals surface area contributed by atoms with Crippen LogP contribution in [0.4, 0.5) is 0 Å². The Labute approximate surface area is 157 Å². The molecule has 0 unspecified atom stereocenters. The molecule has 1 heterocycles. The van der Waals surface area contributed by atoms with Crippen molar-refractivity contribution in [3.63, 3.8) is 0 Å². The van der Waals surface area contributed by atoms with Crippen LogP contribution >= 0.6 is 0 Å². The summed E-state index contributed by atoms with van der Waals surface area (Å²) in [7, 11) is 1.62. The molecule has 3 aromatic rings. The number of methoxy groups -OCH3 is 1. The fourth-order valence-electron chi connectivity index (χ4n) is 3.26. The molecule has 0 amide bonds. The topological polar surface area (TPSA) is 74.1 Å². The molecule has 6 heteroatoms. The molecule has 27 heavy (non-hydrogen) atoms. The number of rotatable bonds is 6. The second-order valence-electron chi connectivity index (χ2n) is 6.95. The molecule has 6 nitrogen and oxygen atoms in total. The highest BCUT2D eigenvalue weighted by Crippen LogP contribution is 2.22. The molecule has 1 atom stereocenters. The lowest BCUT2D eigenvalue weighted by Crippen LogP contribution is -2.28. The van der Waals surface area contributed by atoms with Gasteiger partial charge < -0.3 is 4.74 Å². The highest BCUT2D eigenvalue weighted by molar-refractivity contribution is 5.82. The third-order valence-corrected chi connectivity index (χ3v) is 4.71. The maximum absolute atomic E-state index is 12.7. The van der Waals surface area contributed by atoms with Crippen LogP contribution in [0.5, 0.6) is 5.75 Å². The Balaban J connectivity index is 1.77. The van der Waals surface area contributed by atoms with Crippen LogP contribution in [-0.2, 0) is 11.3 Å². The number of hydrogen-bond acceptors (Lipinski definition) is 5. The van der Waals surface area contributed by atoms with Crippen LogP contribution in [0, 0.1) is 13.8 Å². The molecule has 0 aliphatic rings. The van der Waals surface area contributed by atoms with E-state index in [0.29, 0.717) is 17.3 Å². The van der Waals surface area contributed by atoms with Crippen molar-refractivity contribution < 1.29 is 9.53 Å².